The Morgan fingerprint density at radius 1 is 1.00 bits per heavy atom. The summed E-state index contributed by atoms with van der Waals surface area (Å²) in [6, 6.07) is 6.23. The Kier molecular flexibility index (Phi) is 8.91. The van der Waals surface area contributed by atoms with Crippen LogP contribution in [0.3, 0.4) is 0 Å². The molecule has 1 aromatic rings. The van der Waals surface area contributed by atoms with Gasteiger partial charge in [-0.2, -0.15) is 0 Å². The number of nitrogens with one attached hydrogen (secondary N) is 1. The average molecular weight is 293 g/mol. The smallest absolute Gasteiger partial charge is 0.123 e. The van der Waals surface area contributed by atoms with Crippen LogP contribution in [0.5, 0.6) is 11.5 Å². The summed E-state index contributed by atoms with van der Waals surface area (Å²) >= 11 is 0. The molecule has 0 spiro atoms. The van der Waals surface area contributed by atoms with Crippen molar-refractivity contribution in [1.82, 2.24) is 5.32 Å². The largest absolute Gasteiger partial charge is 0.497 e. The zero-order chi connectivity index (χ0) is 15.5. The van der Waals surface area contributed by atoms with Crippen molar-refractivity contribution in [3.05, 3.63) is 23.8 Å². The van der Waals surface area contributed by atoms with Crippen LogP contribution in [0.4, 0.5) is 0 Å². The maximum atomic E-state index is 5.44. The second-order valence-electron chi connectivity index (χ2n) is 5.55. The van der Waals surface area contributed by atoms with Gasteiger partial charge in [0.25, 0.3) is 0 Å². The fourth-order valence-corrected chi connectivity index (χ4v) is 2.51. The van der Waals surface area contributed by atoms with Gasteiger partial charge in [0.1, 0.15) is 11.5 Å². The molecule has 3 heteroatoms. The highest BCUT2D eigenvalue weighted by Gasteiger charge is 2.12. The van der Waals surface area contributed by atoms with E-state index in [2.05, 4.69) is 25.2 Å². The number of benzene rings is 1. The lowest BCUT2D eigenvalue weighted by atomic mass is 10.1. The highest BCUT2D eigenvalue weighted by atomic mass is 16.5. The minimum absolute atomic E-state index is 0.269. The Morgan fingerprint density at radius 2 is 1.71 bits per heavy atom. The number of methoxy groups -OCH3 is 2. The highest BCUT2D eigenvalue weighted by Crippen LogP contribution is 2.29. The monoisotopic (exact) mass is 293 g/mol. The van der Waals surface area contributed by atoms with Crippen LogP contribution in [0.15, 0.2) is 18.2 Å². The fourth-order valence-electron chi connectivity index (χ4n) is 2.51. The molecule has 0 aromatic heterocycles. The van der Waals surface area contributed by atoms with E-state index in [1.165, 1.54) is 38.5 Å². The third-order valence-electron chi connectivity index (χ3n) is 3.88. The molecule has 120 valence electrons. The summed E-state index contributed by atoms with van der Waals surface area (Å²) in [7, 11) is 3.41. The second kappa shape index (κ2) is 10.5. The van der Waals surface area contributed by atoms with Gasteiger partial charge in [0.05, 0.1) is 14.2 Å². The molecule has 3 nitrogen and oxygen atoms in total. The number of unbranched alkanes of at least 4 members (excludes halogenated alkanes) is 5. The van der Waals surface area contributed by atoms with E-state index in [-0.39, 0.29) is 6.04 Å². The summed E-state index contributed by atoms with van der Waals surface area (Å²) in [4.78, 5) is 0. The number of ether oxygens (including phenoxy) is 2. The molecule has 21 heavy (non-hydrogen) atoms. The average Bonchev–Trinajstić information content (AvgIpc) is 2.53. The third kappa shape index (κ3) is 6.38. The van der Waals surface area contributed by atoms with E-state index in [9.17, 15) is 0 Å². The molecule has 0 amide bonds. The summed E-state index contributed by atoms with van der Waals surface area (Å²) in [5.41, 5.74) is 1.16. The SMILES string of the molecule is CCCCCCCCNC(C)c1cc(OC)ccc1OC. The number of hydrogen-bond acceptors (Lipinski definition) is 3. The molecule has 1 unspecified atom stereocenters. The van der Waals surface area contributed by atoms with E-state index in [1.54, 1.807) is 14.2 Å². The summed E-state index contributed by atoms with van der Waals surface area (Å²) in [6.45, 7) is 5.48. The molecule has 1 atom stereocenters. The van der Waals surface area contributed by atoms with Crippen LogP contribution in [-0.4, -0.2) is 20.8 Å². The third-order valence-corrected chi connectivity index (χ3v) is 3.88. The Hall–Kier alpha value is -1.22. The number of rotatable bonds is 11. The highest BCUT2D eigenvalue weighted by molar-refractivity contribution is 5.42. The summed E-state index contributed by atoms with van der Waals surface area (Å²) in [6.07, 6.45) is 7.95. The molecule has 0 fully saturated rings. The van der Waals surface area contributed by atoms with Gasteiger partial charge in [0.15, 0.2) is 0 Å². The first kappa shape index (κ1) is 17.8. The van der Waals surface area contributed by atoms with Crippen LogP contribution in [0, 0.1) is 0 Å². The molecule has 0 bridgehead atoms. The van der Waals surface area contributed by atoms with Crippen molar-refractivity contribution in [2.75, 3.05) is 20.8 Å². The molecule has 0 saturated carbocycles. The van der Waals surface area contributed by atoms with Gasteiger partial charge in [0, 0.05) is 11.6 Å². The van der Waals surface area contributed by atoms with Crippen LogP contribution >= 0.6 is 0 Å². The topological polar surface area (TPSA) is 30.5 Å². The van der Waals surface area contributed by atoms with Crippen molar-refractivity contribution in [1.29, 1.82) is 0 Å². The van der Waals surface area contributed by atoms with E-state index >= 15 is 0 Å². The molecule has 0 radical (unpaired) electrons. The van der Waals surface area contributed by atoms with E-state index < -0.39 is 0 Å². The Bertz CT molecular complexity index is 393. The van der Waals surface area contributed by atoms with Gasteiger partial charge < -0.3 is 14.8 Å². The second-order valence-corrected chi connectivity index (χ2v) is 5.55. The van der Waals surface area contributed by atoms with Crippen LogP contribution in [0.25, 0.3) is 0 Å². The maximum absolute atomic E-state index is 5.44. The Morgan fingerprint density at radius 3 is 2.38 bits per heavy atom. The Balaban J connectivity index is 2.38. The summed E-state index contributed by atoms with van der Waals surface area (Å²) < 4.78 is 10.7. The Labute approximate surface area is 130 Å². The molecule has 0 aliphatic heterocycles. The van der Waals surface area contributed by atoms with E-state index in [0.29, 0.717) is 0 Å². The van der Waals surface area contributed by atoms with Gasteiger partial charge in [-0.1, -0.05) is 39.0 Å². The van der Waals surface area contributed by atoms with E-state index in [0.717, 1.165) is 23.6 Å². The van der Waals surface area contributed by atoms with Crippen molar-refractivity contribution < 1.29 is 9.47 Å². The minimum atomic E-state index is 0.269. The van der Waals surface area contributed by atoms with Crippen molar-refractivity contribution >= 4 is 0 Å². The van der Waals surface area contributed by atoms with Crippen molar-refractivity contribution in [3.8, 4) is 11.5 Å². The van der Waals surface area contributed by atoms with Crippen LogP contribution in [0.1, 0.15) is 64.0 Å². The lowest BCUT2D eigenvalue weighted by Crippen LogP contribution is -2.20. The predicted octanol–water partition coefficient (Wildman–Crippen LogP) is 4.71. The first-order valence-electron chi connectivity index (χ1n) is 8.18. The van der Waals surface area contributed by atoms with Gasteiger partial charge in [-0.05, 0) is 38.1 Å². The zero-order valence-electron chi connectivity index (χ0n) is 14.1. The van der Waals surface area contributed by atoms with Crippen molar-refractivity contribution in [2.45, 2.75) is 58.4 Å². The first-order valence-corrected chi connectivity index (χ1v) is 8.18. The molecular formula is C18H31NO2. The van der Waals surface area contributed by atoms with Gasteiger partial charge in [-0.15, -0.1) is 0 Å². The fraction of sp³-hybridized carbons (Fsp3) is 0.667. The van der Waals surface area contributed by atoms with Gasteiger partial charge >= 0.3 is 0 Å². The molecule has 1 N–H and O–H groups in total. The molecule has 0 aliphatic carbocycles. The summed E-state index contributed by atoms with van der Waals surface area (Å²) in [5, 5.41) is 3.58. The molecule has 0 aliphatic rings. The van der Waals surface area contributed by atoms with Crippen molar-refractivity contribution in [3.63, 3.8) is 0 Å². The minimum Gasteiger partial charge on any atom is -0.497 e. The standard InChI is InChI=1S/C18H31NO2/c1-5-6-7-8-9-10-13-19-15(2)17-14-16(20-3)11-12-18(17)21-4/h11-12,14-15,19H,5-10,13H2,1-4H3. The molecule has 0 saturated heterocycles. The van der Waals surface area contributed by atoms with E-state index in [1.807, 2.05) is 12.1 Å². The van der Waals surface area contributed by atoms with Gasteiger partial charge in [-0.3, -0.25) is 0 Å². The predicted molar refractivity (Wildman–Crippen MR) is 89.3 cm³/mol. The first-order chi connectivity index (χ1) is 10.2. The number of hydrogen-bond donors (Lipinski definition) is 1. The molecule has 1 rings (SSSR count). The lowest BCUT2D eigenvalue weighted by molar-refractivity contribution is 0.391. The normalized spacial score (nSPS) is 12.2. The summed E-state index contributed by atoms with van der Waals surface area (Å²) in [5.74, 6) is 1.79. The molecule has 0 heterocycles. The molecule has 1 aromatic carbocycles. The van der Waals surface area contributed by atoms with Crippen LogP contribution in [-0.2, 0) is 0 Å². The van der Waals surface area contributed by atoms with Gasteiger partial charge in [-0.25, -0.2) is 0 Å². The van der Waals surface area contributed by atoms with Crippen LogP contribution < -0.4 is 14.8 Å². The quantitative estimate of drug-likeness (QED) is 0.599. The molecular weight excluding hydrogens is 262 g/mol. The lowest BCUT2D eigenvalue weighted by Gasteiger charge is -2.18. The van der Waals surface area contributed by atoms with Crippen molar-refractivity contribution in [2.24, 2.45) is 0 Å². The van der Waals surface area contributed by atoms with Gasteiger partial charge in [0.2, 0.25) is 0 Å². The van der Waals surface area contributed by atoms with Crippen LogP contribution in [0.2, 0.25) is 0 Å². The zero-order valence-corrected chi connectivity index (χ0v) is 14.1. The maximum Gasteiger partial charge on any atom is 0.123 e. The van der Waals surface area contributed by atoms with E-state index in [4.69, 9.17) is 9.47 Å².